The third-order valence-corrected chi connectivity index (χ3v) is 4.52. The number of halogens is 4. The number of methoxy groups -OCH3 is 1. The highest BCUT2D eigenvalue weighted by atomic mass is 35.5. The molecule has 1 atom stereocenters. The Morgan fingerprint density at radius 2 is 1.68 bits per heavy atom. The van der Waals surface area contributed by atoms with Gasteiger partial charge in [-0.1, -0.05) is 41.9 Å². The molecule has 1 N–H and O–H groups in total. The molecule has 1 heterocycles. The van der Waals surface area contributed by atoms with Crippen LogP contribution < -0.4 is 4.90 Å². The van der Waals surface area contributed by atoms with E-state index < -0.39 is 34.9 Å². The number of benzene rings is 2. The van der Waals surface area contributed by atoms with Gasteiger partial charge in [0.25, 0.3) is 11.5 Å². The van der Waals surface area contributed by atoms with Gasteiger partial charge in [-0.2, -0.15) is 13.2 Å². The van der Waals surface area contributed by atoms with Crippen molar-refractivity contribution in [2.45, 2.75) is 11.8 Å². The Labute approximate surface area is 162 Å². The van der Waals surface area contributed by atoms with Crippen molar-refractivity contribution in [1.29, 1.82) is 0 Å². The van der Waals surface area contributed by atoms with Gasteiger partial charge in [-0.05, 0) is 29.8 Å². The Morgan fingerprint density at radius 3 is 2.18 bits per heavy atom. The van der Waals surface area contributed by atoms with Crippen LogP contribution in [-0.4, -0.2) is 35.9 Å². The summed E-state index contributed by atoms with van der Waals surface area (Å²) in [6.07, 6.45) is -5.46. The molecular formula is C19H13ClF3NO4. The lowest BCUT2D eigenvalue weighted by atomic mass is 9.92. The average molecular weight is 412 g/mol. The average Bonchev–Trinajstić information content (AvgIpc) is 2.91. The molecule has 0 aromatic heterocycles. The lowest BCUT2D eigenvalue weighted by Crippen LogP contribution is -2.55. The van der Waals surface area contributed by atoms with Crippen LogP contribution in [0.3, 0.4) is 0 Å². The van der Waals surface area contributed by atoms with E-state index in [9.17, 15) is 27.9 Å². The van der Waals surface area contributed by atoms with Crippen LogP contribution in [0.15, 0.2) is 60.2 Å². The van der Waals surface area contributed by atoms with Crippen molar-refractivity contribution in [2.24, 2.45) is 0 Å². The smallest absolute Gasteiger partial charge is 0.431 e. The first-order valence-corrected chi connectivity index (χ1v) is 8.28. The predicted molar refractivity (Wildman–Crippen MR) is 95.3 cm³/mol. The summed E-state index contributed by atoms with van der Waals surface area (Å²) in [7, 11) is 0.865. The van der Waals surface area contributed by atoms with E-state index in [1.807, 2.05) is 0 Å². The van der Waals surface area contributed by atoms with E-state index in [0.717, 1.165) is 7.11 Å². The SMILES string of the molecule is COC(=O)C1=C(c2ccccc2)N(c2ccc(Cl)cc2)C(=O)C1(O)C(F)(F)F. The number of rotatable bonds is 3. The van der Waals surface area contributed by atoms with Crippen molar-refractivity contribution in [1.82, 2.24) is 0 Å². The molecule has 3 rings (SSSR count). The monoisotopic (exact) mass is 411 g/mol. The summed E-state index contributed by atoms with van der Waals surface area (Å²) in [5.41, 5.74) is -5.57. The van der Waals surface area contributed by atoms with Crippen molar-refractivity contribution in [3.63, 3.8) is 0 Å². The molecule has 28 heavy (non-hydrogen) atoms. The minimum atomic E-state index is -5.46. The van der Waals surface area contributed by atoms with E-state index in [1.54, 1.807) is 6.07 Å². The number of carbonyl (C=O) groups excluding carboxylic acids is 2. The van der Waals surface area contributed by atoms with Crippen LogP contribution in [-0.2, 0) is 14.3 Å². The Bertz CT molecular complexity index is 957. The van der Waals surface area contributed by atoms with Gasteiger partial charge in [-0.3, -0.25) is 9.69 Å². The molecule has 1 amide bonds. The fourth-order valence-electron chi connectivity index (χ4n) is 2.97. The Kier molecular flexibility index (Phi) is 4.95. The van der Waals surface area contributed by atoms with Gasteiger partial charge in [0.1, 0.15) is 5.57 Å². The second-order valence-corrected chi connectivity index (χ2v) is 6.34. The molecule has 0 spiro atoms. The molecule has 1 unspecified atom stereocenters. The minimum Gasteiger partial charge on any atom is -0.466 e. The van der Waals surface area contributed by atoms with Gasteiger partial charge in [-0.15, -0.1) is 0 Å². The first-order chi connectivity index (χ1) is 13.1. The highest BCUT2D eigenvalue weighted by molar-refractivity contribution is 6.31. The number of ether oxygens (including phenoxy) is 1. The molecule has 1 aliphatic rings. The van der Waals surface area contributed by atoms with E-state index in [4.69, 9.17) is 11.6 Å². The fourth-order valence-corrected chi connectivity index (χ4v) is 3.09. The maximum atomic E-state index is 13.8. The number of anilines is 1. The Balaban J connectivity index is 2.39. The standard InChI is InChI=1S/C19H13ClF3NO4/c1-28-16(25)14-15(11-5-3-2-4-6-11)24(13-9-7-12(20)8-10-13)17(26)18(14,27)19(21,22)23/h2-10,27H,1H3. The third kappa shape index (κ3) is 2.94. The molecule has 0 bridgehead atoms. The molecule has 2 aromatic rings. The summed E-state index contributed by atoms with van der Waals surface area (Å²) >= 11 is 5.82. The van der Waals surface area contributed by atoms with Gasteiger partial charge in [0.05, 0.1) is 12.8 Å². The lowest BCUT2D eigenvalue weighted by Gasteiger charge is -2.27. The van der Waals surface area contributed by atoms with Crippen molar-refractivity contribution >= 4 is 34.9 Å². The normalized spacial score (nSPS) is 19.9. The van der Waals surface area contributed by atoms with Crippen LogP contribution in [0.25, 0.3) is 5.70 Å². The van der Waals surface area contributed by atoms with Crippen LogP contribution in [0, 0.1) is 0 Å². The summed E-state index contributed by atoms with van der Waals surface area (Å²) in [5, 5.41) is 10.8. The maximum absolute atomic E-state index is 13.8. The van der Waals surface area contributed by atoms with Gasteiger partial charge in [0.2, 0.25) is 0 Å². The number of alkyl halides is 3. The molecule has 9 heteroatoms. The zero-order valence-electron chi connectivity index (χ0n) is 14.3. The van der Waals surface area contributed by atoms with E-state index in [2.05, 4.69) is 4.74 Å². The van der Waals surface area contributed by atoms with Crippen LogP contribution >= 0.6 is 11.6 Å². The van der Waals surface area contributed by atoms with Gasteiger partial charge in [0.15, 0.2) is 0 Å². The van der Waals surface area contributed by atoms with Crippen LogP contribution in [0.4, 0.5) is 18.9 Å². The largest absolute Gasteiger partial charge is 0.466 e. The number of esters is 1. The lowest BCUT2D eigenvalue weighted by molar-refractivity contribution is -0.236. The molecule has 146 valence electrons. The second-order valence-electron chi connectivity index (χ2n) is 5.91. The van der Waals surface area contributed by atoms with Crippen LogP contribution in [0.5, 0.6) is 0 Å². The molecule has 2 aromatic carbocycles. The Hall–Kier alpha value is -2.84. The number of amides is 1. The third-order valence-electron chi connectivity index (χ3n) is 4.27. The van der Waals surface area contributed by atoms with Crippen molar-refractivity contribution in [2.75, 3.05) is 12.0 Å². The maximum Gasteiger partial charge on any atom is 0.431 e. The van der Waals surface area contributed by atoms with Gasteiger partial charge in [-0.25, -0.2) is 4.79 Å². The summed E-state index contributed by atoms with van der Waals surface area (Å²) in [5.74, 6) is -3.20. The van der Waals surface area contributed by atoms with E-state index in [-0.39, 0.29) is 11.3 Å². The van der Waals surface area contributed by atoms with E-state index in [1.165, 1.54) is 48.5 Å². The molecule has 0 aliphatic carbocycles. The number of hydrogen-bond donors (Lipinski definition) is 1. The molecule has 0 saturated carbocycles. The number of aliphatic hydroxyl groups is 1. The molecule has 0 saturated heterocycles. The molecule has 1 aliphatic heterocycles. The van der Waals surface area contributed by atoms with E-state index >= 15 is 0 Å². The first-order valence-electron chi connectivity index (χ1n) is 7.90. The van der Waals surface area contributed by atoms with Gasteiger partial charge >= 0.3 is 12.1 Å². The zero-order valence-corrected chi connectivity index (χ0v) is 15.1. The van der Waals surface area contributed by atoms with Crippen LogP contribution in [0.2, 0.25) is 5.02 Å². The van der Waals surface area contributed by atoms with E-state index in [0.29, 0.717) is 9.92 Å². The quantitative estimate of drug-likeness (QED) is 0.784. The predicted octanol–water partition coefficient (Wildman–Crippen LogP) is 3.56. The summed E-state index contributed by atoms with van der Waals surface area (Å²) < 4.78 is 45.9. The topological polar surface area (TPSA) is 66.8 Å². The fraction of sp³-hybridized carbons (Fsp3) is 0.158. The van der Waals surface area contributed by atoms with Gasteiger partial charge in [0, 0.05) is 10.7 Å². The summed E-state index contributed by atoms with van der Waals surface area (Å²) in [4.78, 5) is 25.8. The molecule has 0 radical (unpaired) electrons. The van der Waals surface area contributed by atoms with Crippen molar-refractivity contribution in [3.05, 3.63) is 70.8 Å². The summed E-state index contributed by atoms with van der Waals surface area (Å²) in [6, 6.07) is 12.8. The van der Waals surface area contributed by atoms with Gasteiger partial charge < -0.3 is 9.84 Å². The number of hydrogen-bond acceptors (Lipinski definition) is 4. The Morgan fingerprint density at radius 1 is 1.11 bits per heavy atom. The highest BCUT2D eigenvalue weighted by Crippen LogP contribution is 2.49. The second kappa shape index (κ2) is 6.96. The van der Waals surface area contributed by atoms with Crippen LogP contribution in [0.1, 0.15) is 5.56 Å². The number of nitrogens with zero attached hydrogens (tertiary/aromatic N) is 1. The van der Waals surface area contributed by atoms with Crippen molar-refractivity contribution in [3.8, 4) is 0 Å². The van der Waals surface area contributed by atoms with Crippen molar-refractivity contribution < 1.29 is 32.6 Å². The first kappa shape index (κ1) is 19.9. The zero-order chi connectivity index (χ0) is 20.7. The summed E-state index contributed by atoms with van der Waals surface area (Å²) in [6.45, 7) is 0. The molecule has 5 nitrogen and oxygen atoms in total. The molecule has 0 fully saturated rings. The molecular weight excluding hydrogens is 399 g/mol. The minimum absolute atomic E-state index is 0.00479. The highest BCUT2D eigenvalue weighted by Gasteiger charge is 2.70. The number of carbonyl (C=O) groups is 2.